The summed E-state index contributed by atoms with van der Waals surface area (Å²) in [5.41, 5.74) is 2.00. The number of rotatable bonds is 9. The summed E-state index contributed by atoms with van der Waals surface area (Å²) >= 11 is 10.6. The van der Waals surface area contributed by atoms with Gasteiger partial charge in [-0.2, -0.15) is 23.5 Å². The molecule has 3 saturated heterocycles. The highest BCUT2D eigenvalue weighted by molar-refractivity contribution is 8.00. The summed E-state index contributed by atoms with van der Waals surface area (Å²) in [6, 6.07) is 0.665. The monoisotopic (exact) mass is 652 g/mol. The Bertz CT molecular complexity index is 1210. The van der Waals surface area contributed by atoms with E-state index in [0.29, 0.717) is 36.8 Å². The number of fused-ring (bicyclic) bond motifs is 2. The molecule has 5 aliphatic rings. The van der Waals surface area contributed by atoms with E-state index in [2.05, 4.69) is 35.9 Å². The van der Waals surface area contributed by atoms with Gasteiger partial charge in [0.1, 0.15) is 5.82 Å². The molecule has 6 rings (SSSR count). The number of aryl methyl sites for hydroxylation is 2. The summed E-state index contributed by atoms with van der Waals surface area (Å²) in [5.74, 6) is 4.36. The molecule has 0 bridgehead atoms. The minimum absolute atomic E-state index is 0.00433. The van der Waals surface area contributed by atoms with E-state index in [1.54, 1.807) is 0 Å². The second-order valence-corrected chi connectivity index (χ2v) is 16.8. The Morgan fingerprint density at radius 1 is 1.21 bits per heavy atom. The topological polar surface area (TPSA) is 96.7 Å². The van der Waals surface area contributed by atoms with Gasteiger partial charge in [0.05, 0.1) is 30.9 Å². The first kappa shape index (κ1) is 32.2. The third-order valence-corrected chi connectivity index (χ3v) is 14.2. The van der Waals surface area contributed by atoms with Gasteiger partial charge in [-0.25, -0.2) is 4.98 Å². The van der Waals surface area contributed by atoms with Crippen LogP contribution in [-0.4, -0.2) is 97.8 Å². The normalized spacial score (nSPS) is 37.8. The first-order valence-corrected chi connectivity index (χ1v) is 19.1. The van der Waals surface area contributed by atoms with Crippen LogP contribution in [0, 0.1) is 30.6 Å². The van der Waals surface area contributed by atoms with Crippen LogP contribution in [0.15, 0.2) is 4.79 Å². The van der Waals surface area contributed by atoms with Crippen molar-refractivity contribution in [2.24, 2.45) is 23.7 Å². The number of aromatic nitrogens is 2. The highest BCUT2D eigenvalue weighted by Crippen LogP contribution is 2.48. The second-order valence-electron chi connectivity index (χ2n) is 13.8. The smallest absolute Gasteiger partial charge is 0.308 e. The van der Waals surface area contributed by atoms with Gasteiger partial charge in [0.2, 0.25) is 0 Å². The molecule has 11 heteroatoms. The van der Waals surface area contributed by atoms with E-state index in [-0.39, 0.29) is 40.3 Å². The maximum atomic E-state index is 13.8. The number of carbonyl (C=O) groups is 1. The lowest BCUT2D eigenvalue weighted by Crippen LogP contribution is -2.57. The van der Waals surface area contributed by atoms with Gasteiger partial charge in [0.25, 0.3) is 5.56 Å². The van der Waals surface area contributed by atoms with Crippen LogP contribution in [0.3, 0.4) is 0 Å². The Labute approximate surface area is 269 Å². The van der Waals surface area contributed by atoms with E-state index in [0.717, 1.165) is 74.5 Å². The number of piperidine rings is 1. The van der Waals surface area contributed by atoms with Crippen molar-refractivity contribution in [1.82, 2.24) is 19.8 Å². The molecule has 2 aliphatic carbocycles. The van der Waals surface area contributed by atoms with Crippen molar-refractivity contribution in [1.29, 1.82) is 0 Å². The van der Waals surface area contributed by atoms with Gasteiger partial charge in [-0.15, -0.1) is 11.6 Å². The third-order valence-electron chi connectivity index (χ3n) is 11.0. The minimum atomic E-state index is -0.697. The molecule has 43 heavy (non-hydrogen) atoms. The summed E-state index contributed by atoms with van der Waals surface area (Å²) in [5, 5.41) is 13.8. The molecule has 8 nitrogen and oxygen atoms in total. The lowest BCUT2D eigenvalue weighted by atomic mass is 9.70. The molecule has 3 aliphatic heterocycles. The molecule has 10 unspecified atom stereocenters. The molecular formula is C32H49ClN4O4S2. The van der Waals surface area contributed by atoms with E-state index in [9.17, 15) is 14.7 Å². The summed E-state index contributed by atoms with van der Waals surface area (Å²) in [6.07, 6.45) is 7.85. The van der Waals surface area contributed by atoms with Crippen molar-refractivity contribution in [3.8, 4) is 0 Å². The molecular weight excluding hydrogens is 604 g/mol. The summed E-state index contributed by atoms with van der Waals surface area (Å²) in [6.45, 7) is 6.22. The maximum Gasteiger partial charge on any atom is 0.308 e. The molecule has 0 amide bonds. The number of carboxylic acid groups (broad SMARTS) is 1. The van der Waals surface area contributed by atoms with Crippen molar-refractivity contribution in [2.45, 2.75) is 107 Å². The van der Waals surface area contributed by atoms with Crippen LogP contribution >= 0.6 is 35.1 Å². The molecule has 4 fully saturated rings. The quantitative estimate of drug-likeness (QED) is 0.383. The third kappa shape index (κ3) is 6.99. The Hall–Kier alpha value is -0.780. The molecule has 1 aromatic rings. The number of carboxylic acids is 1. The van der Waals surface area contributed by atoms with Crippen LogP contribution in [0.1, 0.15) is 62.5 Å². The molecule has 10 atom stereocenters. The first-order valence-electron chi connectivity index (χ1n) is 16.4. The number of thioether (sulfide) groups is 2. The number of ether oxygens (including phenoxy) is 1. The number of nitrogens with zero attached hydrogens (tertiary/aromatic N) is 3. The van der Waals surface area contributed by atoms with Gasteiger partial charge in [0.15, 0.2) is 0 Å². The fourth-order valence-corrected chi connectivity index (χ4v) is 12.1. The first-order chi connectivity index (χ1) is 20.7. The summed E-state index contributed by atoms with van der Waals surface area (Å²) in [7, 11) is 2.23. The van der Waals surface area contributed by atoms with Crippen LogP contribution < -0.4 is 10.9 Å². The number of hydrogen-bond acceptors (Lipinski definition) is 8. The minimum Gasteiger partial charge on any atom is -0.481 e. The summed E-state index contributed by atoms with van der Waals surface area (Å²) in [4.78, 5) is 33.2. The SMILES string of the molecule is Cc1nc2c(c(=O)n1CCOC1CCC(Cl)CC1C1CC(C)NC3C(C(=O)O)CSC13)CC(N(C)CC1CCSC1)CC2. The van der Waals surface area contributed by atoms with Gasteiger partial charge in [0, 0.05) is 46.6 Å². The highest BCUT2D eigenvalue weighted by Gasteiger charge is 2.51. The molecule has 0 radical (unpaired) electrons. The Kier molecular flexibility index (Phi) is 10.4. The van der Waals surface area contributed by atoms with Crippen LogP contribution in [0.5, 0.6) is 0 Å². The highest BCUT2D eigenvalue weighted by atomic mass is 35.5. The summed E-state index contributed by atoms with van der Waals surface area (Å²) < 4.78 is 8.48. The number of nitrogens with one attached hydrogen (secondary N) is 1. The molecule has 240 valence electrons. The number of hydrogen-bond donors (Lipinski definition) is 2. The lowest BCUT2D eigenvalue weighted by Gasteiger charge is -2.47. The fourth-order valence-electron chi connectivity index (χ4n) is 8.64. The van der Waals surface area contributed by atoms with Gasteiger partial charge in [-0.3, -0.25) is 14.2 Å². The number of likely N-dealkylation sites (N-methyl/N-ethyl adjacent to an activating group) is 1. The predicted octanol–water partition coefficient (Wildman–Crippen LogP) is 4.07. The van der Waals surface area contributed by atoms with Crippen molar-refractivity contribution in [2.75, 3.05) is 37.5 Å². The number of halogens is 1. The zero-order valence-electron chi connectivity index (χ0n) is 25.9. The van der Waals surface area contributed by atoms with E-state index < -0.39 is 5.97 Å². The van der Waals surface area contributed by atoms with Crippen LogP contribution in [0.4, 0.5) is 0 Å². The predicted molar refractivity (Wildman–Crippen MR) is 176 cm³/mol. The molecule has 2 N–H and O–H groups in total. The lowest BCUT2D eigenvalue weighted by molar-refractivity contribution is -0.142. The molecule has 4 heterocycles. The van der Waals surface area contributed by atoms with E-state index in [1.807, 2.05) is 23.3 Å². The average Bonchev–Trinajstić information content (AvgIpc) is 3.65. The number of alkyl halides is 1. The molecule has 1 aromatic heterocycles. The fraction of sp³-hybridized carbons (Fsp3) is 0.844. The Balaban J connectivity index is 1.12. The van der Waals surface area contributed by atoms with Gasteiger partial charge in [-0.1, -0.05) is 0 Å². The van der Waals surface area contributed by atoms with Crippen molar-refractivity contribution < 1.29 is 14.6 Å². The van der Waals surface area contributed by atoms with Crippen molar-refractivity contribution >= 4 is 41.1 Å². The maximum absolute atomic E-state index is 13.8. The van der Waals surface area contributed by atoms with E-state index >= 15 is 0 Å². The van der Waals surface area contributed by atoms with Gasteiger partial charge in [-0.05, 0) is 102 Å². The largest absolute Gasteiger partial charge is 0.481 e. The zero-order valence-corrected chi connectivity index (χ0v) is 28.3. The average molecular weight is 653 g/mol. The Morgan fingerprint density at radius 3 is 2.81 bits per heavy atom. The molecule has 1 saturated carbocycles. The van der Waals surface area contributed by atoms with E-state index in [4.69, 9.17) is 21.3 Å². The standard InChI is InChI=1S/C32H49ClN4O4S2/c1-18-12-24(30-29(34-18)26(17-43-30)32(39)40)23-13-21(33)4-7-28(23)41-10-9-37-19(2)35-27-6-5-22(14-25(27)31(37)38)36(3)15-20-8-11-42-16-20/h18,20-24,26,28-30,34H,4-17H2,1-3H3,(H,39,40). The molecule has 0 spiro atoms. The zero-order chi connectivity index (χ0) is 30.2. The number of aliphatic carboxylic acids is 1. The van der Waals surface area contributed by atoms with Crippen molar-refractivity contribution in [3.63, 3.8) is 0 Å². The van der Waals surface area contributed by atoms with Crippen molar-refractivity contribution in [3.05, 3.63) is 27.4 Å². The molecule has 0 aromatic carbocycles. The van der Waals surface area contributed by atoms with E-state index in [1.165, 1.54) is 17.9 Å². The van der Waals surface area contributed by atoms with Gasteiger partial charge < -0.3 is 20.1 Å². The van der Waals surface area contributed by atoms with Crippen LogP contribution in [0.2, 0.25) is 0 Å². The van der Waals surface area contributed by atoms with Crippen LogP contribution in [0.25, 0.3) is 0 Å². The van der Waals surface area contributed by atoms with Gasteiger partial charge >= 0.3 is 5.97 Å². The Morgan fingerprint density at radius 2 is 2.05 bits per heavy atom. The second kappa shape index (κ2) is 13.9. The van der Waals surface area contributed by atoms with Crippen LogP contribution in [-0.2, 0) is 28.9 Å².